The summed E-state index contributed by atoms with van der Waals surface area (Å²) in [7, 11) is -3.46. The standard InChI is InChI=1S/C12H22N4O2S.ClH/c1-8(13)11-5-4-6-16(7-11)19(17,18)12-9(2)14-15-10(12)3;/h8,11H,4-7,13H2,1-3H3,(H,14,15);1H. The lowest BCUT2D eigenvalue weighted by molar-refractivity contribution is 0.243. The first kappa shape index (κ1) is 17.4. The highest BCUT2D eigenvalue weighted by Gasteiger charge is 2.34. The van der Waals surface area contributed by atoms with Crippen molar-refractivity contribution in [1.82, 2.24) is 14.5 Å². The molecule has 116 valence electrons. The number of nitrogens with two attached hydrogens (primary N) is 1. The minimum Gasteiger partial charge on any atom is -0.328 e. The summed E-state index contributed by atoms with van der Waals surface area (Å²) < 4.78 is 26.9. The maximum absolute atomic E-state index is 12.7. The van der Waals surface area contributed by atoms with Crippen molar-refractivity contribution in [3.63, 3.8) is 0 Å². The fourth-order valence-corrected chi connectivity index (χ4v) is 4.54. The zero-order chi connectivity index (χ0) is 14.2. The van der Waals surface area contributed by atoms with E-state index >= 15 is 0 Å². The molecule has 6 nitrogen and oxygen atoms in total. The molecule has 0 radical (unpaired) electrons. The van der Waals surface area contributed by atoms with Crippen LogP contribution in [0.15, 0.2) is 4.90 Å². The molecule has 1 aromatic rings. The number of hydrogen-bond acceptors (Lipinski definition) is 4. The van der Waals surface area contributed by atoms with Gasteiger partial charge >= 0.3 is 0 Å². The van der Waals surface area contributed by atoms with E-state index in [9.17, 15) is 8.42 Å². The first-order valence-corrected chi connectivity index (χ1v) is 8.05. The maximum Gasteiger partial charge on any atom is 0.246 e. The Hall–Kier alpha value is -0.630. The Morgan fingerprint density at radius 3 is 2.60 bits per heavy atom. The number of sulfonamides is 1. The SMILES string of the molecule is Cc1n[nH]c(C)c1S(=O)(=O)N1CCCC(C(C)N)C1.Cl. The molecule has 20 heavy (non-hydrogen) atoms. The van der Waals surface area contributed by atoms with Gasteiger partial charge in [-0.15, -0.1) is 12.4 Å². The molecule has 2 unspecified atom stereocenters. The zero-order valence-electron chi connectivity index (χ0n) is 12.1. The Balaban J connectivity index is 0.00000200. The van der Waals surface area contributed by atoms with E-state index < -0.39 is 10.0 Å². The van der Waals surface area contributed by atoms with E-state index in [-0.39, 0.29) is 24.4 Å². The minimum absolute atomic E-state index is 0. The van der Waals surface area contributed by atoms with E-state index in [1.807, 2.05) is 6.92 Å². The number of piperidine rings is 1. The van der Waals surface area contributed by atoms with E-state index in [1.54, 1.807) is 18.2 Å². The van der Waals surface area contributed by atoms with Crippen molar-refractivity contribution < 1.29 is 8.42 Å². The Morgan fingerprint density at radius 1 is 1.45 bits per heavy atom. The summed E-state index contributed by atoms with van der Waals surface area (Å²) in [5.41, 5.74) is 7.04. The molecule has 3 N–H and O–H groups in total. The summed E-state index contributed by atoms with van der Waals surface area (Å²) in [4.78, 5) is 0.317. The van der Waals surface area contributed by atoms with Crippen LogP contribution in [0, 0.1) is 19.8 Å². The van der Waals surface area contributed by atoms with Crippen molar-refractivity contribution in [1.29, 1.82) is 0 Å². The van der Waals surface area contributed by atoms with Gasteiger partial charge in [0.15, 0.2) is 0 Å². The van der Waals surface area contributed by atoms with Crippen LogP contribution in [0.2, 0.25) is 0 Å². The Kier molecular flexibility index (Phi) is 5.60. The van der Waals surface area contributed by atoms with Gasteiger partial charge in [-0.3, -0.25) is 5.10 Å². The molecule has 8 heteroatoms. The quantitative estimate of drug-likeness (QED) is 0.874. The number of aromatic nitrogens is 2. The lowest BCUT2D eigenvalue weighted by Crippen LogP contribution is -2.45. The van der Waals surface area contributed by atoms with E-state index in [1.165, 1.54) is 0 Å². The molecule has 1 aliphatic heterocycles. The second-order valence-corrected chi connectivity index (χ2v) is 7.26. The van der Waals surface area contributed by atoms with Gasteiger partial charge in [0.2, 0.25) is 10.0 Å². The first-order valence-electron chi connectivity index (χ1n) is 6.61. The number of H-pyrrole nitrogens is 1. The number of nitrogens with one attached hydrogen (secondary N) is 1. The number of halogens is 1. The predicted molar refractivity (Wildman–Crippen MR) is 80.4 cm³/mol. The fraction of sp³-hybridized carbons (Fsp3) is 0.750. The predicted octanol–water partition coefficient (Wildman–Crippen LogP) is 1.20. The topological polar surface area (TPSA) is 92.1 Å². The smallest absolute Gasteiger partial charge is 0.246 e. The van der Waals surface area contributed by atoms with Gasteiger partial charge in [-0.1, -0.05) is 0 Å². The average molecular weight is 323 g/mol. The van der Waals surface area contributed by atoms with Crippen molar-refractivity contribution >= 4 is 22.4 Å². The van der Waals surface area contributed by atoms with Crippen LogP contribution in [0.4, 0.5) is 0 Å². The van der Waals surface area contributed by atoms with Gasteiger partial charge < -0.3 is 5.73 Å². The molecular weight excluding hydrogens is 300 g/mol. The van der Waals surface area contributed by atoms with E-state index in [0.29, 0.717) is 29.4 Å². The molecule has 2 heterocycles. The largest absolute Gasteiger partial charge is 0.328 e. The summed E-state index contributed by atoms with van der Waals surface area (Å²) >= 11 is 0. The average Bonchev–Trinajstić information content (AvgIpc) is 2.69. The summed E-state index contributed by atoms with van der Waals surface area (Å²) in [6, 6.07) is 0.0181. The second kappa shape index (κ2) is 6.43. The van der Waals surface area contributed by atoms with Crippen LogP contribution in [0.1, 0.15) is 31.2 Å². The van der Waals surface area contributed by atoms with E-state index in [4.69, 9.17) is 5.73 Å². The van der Waals surface area contributed by atoms with Crippen LogP contribution in [0.25, 0.3) is 0 Å². The molecular formula is C12H23ClN4O2S. The Labute approximate surface area is 126 Å². The molecule has 1 fully saturated rings. The summed E-state index contributed by atoms with van der Waals surface area (Å²) in [5, 5.41) is 6.71. The molecule has 1 saturated heterocycles. The summed E-state index contributed by atoms with van der Waals surface area (Å²) in [6.07, 6.45) is 1.86. The Bertz CT molecular complexity index is 536. The summed E-state index contributed by atoms with van der Waals surface area (Å²) in [6.45, 7) is 6.46. The van der Waals surface area contributed by atoms with Gasteiger partial charge in [0.05, 0.1) is 11.4 Å². The molecule has 0 aromatic carbocycles. The molecule has 0 spiro atoms. The van der Waals surface area contributed by atoms with Crippen molar-refractivity contribution in [2.45, 2.75) is 44.6 Å². The van der Waals surface area contributed by atoms with Gasteiger partial charge in [-0.05, 0) is 39.5 Å². The molecule has 2 rings (SSSR count). The van der Waals surface area contributed by atoms with Crippen molar-refractivity contribution in [2.75, 3.05) is 13.1 Å². The highest BCUT2D eigenvalue weighted by atomic mass is 35.5. The number of rotatable bonds is 3. The van der Waals surface area contributed by atoms with Crippen LogP contribution in [0.5, 0.6) is 0 Å². The van der Waals surface area contributed by atoms with Gasteiger partial charge in [0, 0.05) is 19.1 Å². The van der Waals surface area contributed by atoms with Crippen LogP contribution >= 0.6 is 12.4 Å². The van der Waals surface area contributed by atoms with Crippen molar-refractivity contribution in [3.05, 3.63) is 11.4 Å². The highest BCUT2D eigenvalue weighted by Crippen LogP contribution is 2.27. The normalized spacial score (nSPS) is 22.3. The van der Waals surface area contributed by atoms with Crippen LogP contribution in [0.3, 0.4) is 0 Å². The zero-order valence-corrected chi connectivity index (χ0v) is 13.7. The first-order chi connectivity index (χ1) is 8.84. The van der Waals surface area contributed by atoms with Gasteiger partial charge in [-0.2, -0.15) is 9.40 Å². The van der Waals surface area contributed by atoms with Crippen LogP contribution in [-0.2, 0) is 10.0 Å². The molecule has 0 bridgehead atoms. The number of aryl methyl sites for hydroxylation is 2. The third-order valence-corrected chi connectivity index (χ3v) is 5.95. The van der Waals surface area contributed by atoms with Gasteiger partial charge in [0.1, 0.15) is 4.90 Å². The second-order valence-electron chi connectivity index (χ2n) is 5.39. The lowest BCUT2D eigenvalue weighted by atomic mass is 9.93. The van der Waals surface area contributed by atoms with Gasteiger partial charge in [-0.25, -0.2) is 8.42 Å². The highest BCUT2D eigenvalue weighted by molar-refractivity contribution is 7.89. The van der Waals surface area contributed by atoms with Gasteiger partial charge in [0.25, 0.3) is 0 Å². The third-order valence-electron chi connectivity index (χ3n) is 3.82. The molecule has 0 saturated carbocycles. The Morgan fingerprint density at radius 2 is 2.10 bits per heavy atom. The fourth-order valence-electron chi connectivity index (χ4n) is 2.67. The number of hydrogen-bond donors (Lipinski definition) is 2. The van der Waals surface area contributed by atoms with Crippen LogP contribution < -0.4 is 5.73 Å². The third kappa shape index (κ3) is 3.16. The summed E-state index contributed by atoms with van der Waals surface area (Å²) in [5.74, 6) is 0.232. The van der Waals surface area contributed by atoms with Crippen molar-refractivity contribution in [2.24, 2.45) is 11.7 Å². The molecule has 2 atom stereocenters. The molecule has 1 aliphatic rings. The minimum atomic E-state index is -3.46. The van der Waals surface area contributed by atoms with E-state index in [0.717, 1.165) is 12.8 Å². The van der Waals surface area contributed by atoms with E-state index in [2.05, 4.69) is 10.2 Å². The lowest BCUT2D eigenvalue weighted by Gasteiger charge is -2.33. The molecule has 0 aliphatic carbocycles. The van der Waals surface area contributed by atoms with Crippen LogP contribution in [-0.4, -0.2) is 42.1 Å². The number of aromatic amines is 1. The number of nitrogens with zero attached hydrogens (tertiary/aromatic N) is 2. The van der Waals surface area contributed by atoms with Crippen molar-refractivity contribution in [3.8, 4) is 0 Å². The molecule has 1 aromatic heterocycles. The maximum atomic E-state index is 12.7. The molecule has 0 amide bonds. The monoisotopic (exact) mass is 322 g/mol.